The van der Waals surface area contributed by atoms with Gasteiger partial charge in [0.1, 0.15) is 0 Å². The number of primary amides is 1. The molecule has 0 fully saturated rings. The number of carbonyl (C=O) groups excluding carboxylic acids is 2. The molecule has 3 N–H and O–H groups in total. The van der Waals surface area contributed by atoms with E-state index in [1.54, 1.807) is 30.3 Å². The molecule has 102 valence electrons. The van der Waals surface area contributed by atoms with Gasteiger partial charge in [0.2, 0.25) is 5.91 Å². The Kier molecular flexibility index (Phi) is 3.84. The number of carbonyl (C=O) groups is 2. The van der Waals surface area contributed by atoms with E-state index in [0.29, 0.717) is 16.8 Å². The van der Waals surface area contributed by atoms with E-state index >= 15 is 0 Å². The van der Waals surface area contributed by atoms with Crippen molar-refractivity contribution in [3.05, 3.63) is 64.7 Å². The standard InChI is InChI=1S/C16H16N2O2/c1-10-4-3-5-14(11(10)2)16(20)18-13-8-6-12(7-9-13)15(17)19/h3-9H,1-2H3,(H2,17,19)(H,18,20). The van der Waals surface area contributed by atoms with E-state index in [-0.39, 0.29) is 5.91 Å². The number of anilines is 1. The molecule has 0 radical (unpaired) electrons. The van der Waals surface area contributed by atoms with E-state index in [2.05, 4.69) is 5.32 Å². The van der Waals surface area contributed by atoms with E-state index in [4.69, 9.17) is 5.73 Å². The molecular weight excluding hydrogens is 252 g/mol. The zero-order chi connectivity index (χ0) is 14.7. The molecule has 0 atom stereocenters. The maximum Gasteiger partial charge on any atom is 0.255 e. The first-order valence-electron chi connectivity index (χ1n) is 6.26. The molecular formula is C16H16N2O2. The number of hydrogen-bond donors (Lipinski definition) is 2. The van der Waals surface area contributed by atoms with Crippen molar-refractivity contribution in [3.63, 3.8) is 0 Å². The van der Waals surface area contributed by atoms with E-state index < -0.39 is 5.91 Å². The predicted molar refractivity (Wildman–Crippen MR) is 78.8 cm³/mol. The summed E-state index contributed by atoms with van der Waals surface area (Å²) in [5.41, 5.74) is 8.87. The van der Waals surface area contributed by atoms with Gasteiger partial charge in [-0.2, -0.15) is 0 Å². The molecule has 0 saturated carbocycles. The summed E-state index contributed by atoms with van der Waals surface area (Å²) in [5, 5.41) is 2.80. The smallest absolute Gasteiger partial charge is 0.255 e. The maximum atomic E-state index is 12.2. The summed E-state index contributed by atoms with van der Waals surface area (Å²) in [5.74, 6) is -0.657. The monoisotopic (exact) mass is 268 g/mol. The normalized spacial score (nSPS) is 10.1. The van der Waals surface area contributed by atoms with Crippen LogP contribution in [-0.2, 0) is 0 Å². The molecule has 0 saturated heterocycles. The van der Waals surface area contributed by atoms with Crippen LogP contribution in [0.4, 0.5) is 5.69 Å². The van der Waals surface area contributed by atoms with Crippen LogP contribution in [0, 0.1) is 13.8 Å². The quantitative estimate of drug-likeness (QED) is 0.898. The minimum absolute atomic E-state index is 0.168. The SMILES string of the molecule is Cc1cccc(C(=O)Nc2ccc(C(N)=O)cc2)c1C. The minimum Gasteiger partial charge on any atom is -0.366 e. The molecule has 0 aromatic heterocycles. The lowest BCUT2D eigenvalue weighted by molar-refractivity contribution is 0.0998. The lowest BCUT2D eigenvalue weighted by Crippen LogP contribution is -2.14. The van der Waals surface area contributed by atoms with Crippen molar-refractivity contribution in [2.24, 2.45) is 5.73 Å². The van der Waals surface area contributed by atoms with Gasteiger partial charge >= 0.3 is 0 Å². The molecule has 0 aliphatic rings. The van der Waals surface area contributed by atoms with Crippen molar-refractivity contribution in [1.82, 2.24) is 0 Å². The van der Waals surface area contributed by atoms with Crippen LogP contribution in [0.25, 0.3) is 0 Å². The Morgan fingerprint density at radius 1 is 1.00 bits per heavy atom. The average molecular weight is 268 g/mol. The highest BCUT2D eigenvalue weighted by Gasteiger charge is 2.10. The zero-order valence-electron chi connectivity index (χ0n) is 11.4. The molecule has 2 aromatic rings. The van der Waals surface area contributed by atoms with Crippen LogP contribution in [0.1, 0.15) is 31.8 Å². The summed E-state index contributed by atoms with van der Waals surface area (Å²) in [6.07, 6.45) is 0. The second kappa shape index (κ2) is 5.57. The first-order chi connectivity index (χ1) is 9.49. The Morgan fingerprint density at radius 3 is 2.25 bits per heavy atom. The van der Waals surface area contributed by atoms with Gasteiger partial charge in [0.15, 0.2) is 0 Å². The van der Waals surface area contributed by atoms with Gasteiger partial charge in [-0.3, -0.25) is 9.59 Å². The van der Waals surface area contributed by atoms with Gasteiger partial charge in [0.05, 0.1) is 0 Å². The Balaban J connectivity index is 2.19. The van der Waals surface area contributed by atoms with Gasteiger partial charge in [-0.25, -0.2) is 0 Å². The van der Waals surface area contributed by atoms with Crippen LogP contribution >= 0.6 is 0 Å². The van der Waals surface area contributed by atoms with Crippen molar-refractivity contribution in [1.29, 1.82) is 0 Å². The number of aryl methyl sites for hydroxylation is 1. The zero-order valence-corrected chi connectivity index (χ0v) is 11.4. The highest BCUT2D eigenvalue weighted by molar-refractivity contribution is 6.05. The molecule has 2 amide bonds. The topological polar surface area (TPSA) is 72.2 Å². The molecule has 0 unspecified atom stereocenters. The van der Waals surface area contributed by atoms with Crippen LogP contribution in [0.2, 0.25) is 0 Å². The van der Waals surface area contributed by atoms with E-state index in [1.165, 1.54) is 0 Å². The molecule has 4 nitrogen and oxygen atoms in total. The van der Waals surface area contributed by atoms with Gasteiger partial charge in [0.25, 0.3) is 5.91 Å². The molecule has 0 spiro atoms. The Bertz CT molecular complexity index is 661. The molecule has 2 rings (SSSR count). The number of nitrogens with two attached hydrogens (primary N) is 1. The summed E-state index contributed by atoms with van der Waals surface area (Å²) in [7, 11) is 0. The van der Waals surface area contributed by atoms with Crippen molar-refractivity contribution >= 4 is 17.5 Å². The van der Waals surface area contributed by atoms with Gasteiger partial charge < -0.3 is 11.1 Å². The molecule has 0 aliphatic heterocycles. The Morgan fingerprint density at radius 2 is 1.65 bits per heavy atom. The molecule has 0 heterocycles. The number of nitrogens with one attached hydrogen (secondary N) is 1. The third-order valence-corrected chi connectivity index (χ3v) is 3.28. The summed E-state index contributed by atoms with van der Waals surface area (Å²) in [6.45, 7) is 3.88. The van der Waals surface area contributed by atoms with E-state index in [0.717, 1.165) is 11.1 Å². The highest BCUT2D eigenvalue weighted by atomic mass is 16.2. The lowest BCUT2D eigenvalue weighted by atomic mass is 10.0. The minimum atomic E-state index is -0.489. The summed E-state index contributed by atoms with van der Waals surface area (Å²) >= 11 is 0. The fourth-order valence-electron chi connectivity index (χ4n) is 1.91. The Labute approximate surface area is 117 Å². The Hall–Kier alpha value is -2.62. The van der Waals surface area contributed by atoms with Crippen LogP contribution in [0.5, 0.6) is 0 Å². The van der Waals surface area contributed by atoms with Gasteiger partial charge in [0, 0.05) is 16.8 Å². The highest BCUT2D eigenvalue weighted by Crippen LogP contribution is 2.16. The molecule has 0 aliphatic carbocycles. The van der Waals surface area contributed by atoms with E-state index in [1.807, 2.05) is 26.0 Å². The van der Waals surface area contributed by atoms with Crippen LogP contribution in [0.15, 0.2) is 42.5 Å². The van der Waals surface area contributed by atoms with Crippen molar-refractivity contribution in [2.45, 2.75) is 13.8 Å². The van der Waals surface area contributed by atoms with Crippen molar-refractivity contribution in [2.75, 3.05) is 5.32 Å². The molecule has 0 bridgehead atoms. The number of benzene rings is 2. The number of rotatable bonds is 3. The van der Waals surface area contributed by atoms with Crippen molar-refractivity contribution in [3.8, 4) is 0 Å². The van der Waals surface area contributed by atoms with Crippen LogP contribution in [0.3, 0.4) is 0 Å². The number of hydrogen-bond acceptors (Lipinski definition) is 2. The maximum absolute atomic E-state index is 12.2. The molecule has 20 heavy (non-hydrogen) atoms. The van der Waals surface area contributed by atoms with Crippen molar-refractivity contribution < 1.29 is 9.59 Å². The van der Waals surface area contributed by atoms with Crippen LogP contribution in [-0.4, -0.2) is 11.8 Å². The summed E-state index contributed by atoms with van der Waals surface area (Å²) < 4.78 is 0. The third-order valence-electron chi connectivity index (χ3n) is 3.28. The second-order valence-corrected chi connectivity index (χ2v) is 4.64. The largest absolute Gasteiger partial charge is 0.366 e. The number of amides is 2. The molecule has 4 heteroatoms. The average Bonchev–Trinajstić information content (AvgIpc) is 2.42. The van der Waals surface area contributed by atoms with E-state index in [9.17, 15) is 9.59 Å². The third kappa shape index (κ3) is 2.85. The fraction of sp³-hybridized carbons (Fsp3) is 0.125. The van der Waals surface area contributed by atoms with Gasteiger partial charge in [-0.05, 0) is 55.3 Å². The van der Waals surface area contributed by atoms with Crippen LogP contribution < -0.4 is 11.1 Å². The summed E-state index contributed by atoms with van der Waals surface area (Å²) in [6, 6.07) is 12.1. The lowest BCUT2D eigenvalue weighted by Gasteiger charge is -2.09. The van der Waals surface area contributed by atoms with Gasteiger partial charge in [-0.15, -0.1) is 0 Å². The van der Waals surface area contributed by atoms with Gasteiger partial charge in [-0.1, -0.05) is 12.1 Å². The predicted octanol–water partition coefficient (Wildman–Crippen LogP) is 2.65. The fourth-order valence-corrected chi connectivity index (χ4v) is 1.91. The first kappa shape index (κ1) is 13.8. The summed E-state index contributed by atoms with van der Waals surface area (Å²) in [4.78, 5) is 23.2. The second-order valence-electron chi connectivity index (χ2n) is 4.64. The first-order valence-corrected chi connectivity index (χ1v) is 6.26. The molecule has 2 aromatic carbocycles.